The van der Waals surface area contributed by atoms with Gasteiger partial charge in [0.1, 0.15) is 0 Å². The Balaban J connectivity index is 2.16. The molecule has 1 saturated heterocycles. The molecule has 18 heavy (non-hydrogen) atoms. The van der Waals surface area contributed by atoms with Gasteiger partial charge in [-0.25, -0.2) is 9.97 Å². The molecule has 1 atom stereocenters. The van der Waals surface area contributed by atoms with Crippen LogP contribution in [0.3, 0.4) is 0 Å². The van der Waals surface area contributed by atoms with E-state index in [9.17, 15) is 0 Å². The maximum absolute atomic E-state index is 4.68. The molecular formula is C14H24N4. The van der Waals surface area contributed by atoms with Gasteiger partial charge < -0.3 is 10.2 Å². The van der Waals surface area contributed by atoms with E-state index in [1.807, 2.05) is 13.2 Å². The summed E-state index contributed by atoms with van der Waals surface area (Å²) in [6, 6.07) is 0.309. The number of hydrogen-bond acceptors (Lipinski definition) is 4. The fourth-order valence-electron chi connectivity index (χ4n) is 2.47. The third kappa shape index (κ3) is 2.99. The topological polar surface area (TPSA) is 41.1 Å². The van der Waals surface area contributed by atoms with Crippen LogP contribution in [-0.2, 0) is 0 Å². The van der Waals surface area contributed by atoms with Crippen molar-refractivity contribution >= 4 is 5.95 Å². The normalized spacial score (nSPS) is 18.5. The Morgan fingerprint density at radius 2 is 1.89 bits per heavy atom. The highest BCUT2D eigenvalue weighted by Crippen LogP contribution is 2.19. The van der Waals surface area contributed by atoms with Crippen molar-refractivity contribution in [2.45, 2.75) is 45.6 Å². The van der Waals surface area contributed by atoms with Crippen LogP contribution < -0.4 is 10.2 Å². The van der Waals surface area contributed by atoms with Crippen LogP contribution in [0, 0.1) is 6.92 Å². The molecule has 0 spiro atoms. The van der Waals surface area contributed by atoms with E-state index in [-0.39, 0.29) is 0 Å². The quantitative estimate of drug-likeness (QED) is 0.892. The lowest BCUT2D eigenvalue weighted by Crippen LogP contribution is -2.26. The Hall–Kier alpha value is -1.16. The van der Waals surface area contributed by atoms with Crippen molar-refractivity contribution in [2.24, 2.45) is 0 Å². The molecule has 0 amide bonds. The molecule has 2 rings (SSSR count). The zero-order chi connectivity index (χ0) is 13.0. The van der Waals surface area contributed by atoms with Crippen molar-refractivity contribution in [3.8, 4) is 0 Å². The van der Waals surface area contributed by atoms with Crippen molar-refractivity contribution in [1.29, 1.82) is 0 Å². The minimum absolute atomic E-state index is 0.309. The number of aromatic nitrogens is 2. The van der Waals surface area contributed by atoms with Crippen LogP contribution in [0.4, 0.5) is 5.95 Å². The first-order valence-corrected chi connectivity index (χ1v) is 6.98. The molecule has 0 saturated carbocycles. The van der Waals surface area contributed by atoms with Crippen molar-refractivity contribution in [2.75, 3.05) is 25.0 Å². The summed E-state index contributed by atoms with van der Waals surface area (Å²) >= 11 is 0. The molecule has 0 bridgehead atoms. The first-order chi connectivity index (χ1) is 8.72. The van der Waals surface area contributed by atoms with Crippen LogP contribution in [0.5, 0.6) is 0 Å². The summed E-state index contributed by atoms with van der Waals surface area (Å²) < 4.78 is 0. The molecule has 1 aliphatic heterocycles. The second-order valence-electron chi connectivity index (χ2n) is 5.12. The van der Waals surface area contributed by atoms with E-state index in [1.165, 1.54) is 31.2 Å². The van der Waals surface area contributed by atoms with Gasteiger partial charge in [-0.15, -0.1) is 0 Å². The molecule has 1 fully saturated rings. The monoisotopic (exact) mass is 248 g/mol. The standard InChI is InChI=1S/C14H24N4/c1-11(15-3)13-10-16-14(17-12(13)2)18-8-6-4-5-7-9-18/h10-11,15H,4-9H2,1-3H3. The lowest BCUT2D eigenvalue weighted by atomic mass is 10.1. The van der Waals surface area contributed by atoms with Gasteiger partial charge in [0.15, 0.2) is 0 Å². The number of rotatable bonds is 3. The van der Waals surface area contributed by atoms with E-state index < -0.39 is 0 Å². The summed E-state index contributed by atoms with van der Waals surface area (Å²) in [4.78, 5) is 11.6. The fourth-order valence-corrected chi connectivity index (χ4v) is 2.47. The molecular weight excluding hydrogens is 224 g/mol. The minimum atomic E-state index is 0.309. The molecule has 2 heterocycles. The van der Waals surface area contributed by atoms with E-state index in [0.29, 0.717) is 6.04 Å². The number of hydrogen-bond donors (Lipinski definition) is 1. The number of nitrogens with zero attached hydrogens (tertiary/aromatic N) is 3. The van der Waals surface area contributed by atoms with Gasteiger partial charge in [-0.1, -0.05) is 12.8 Å². The van der Waals surface area contributed by atoms with Crippen molar-refractivity contribution in [3.63, 3.8) is 0 Å². The first kappa shape index (κ1) is 13.3. The molecule has 100 valence electrons. The summed E-state index contributed by atoms with van der Waals surface area (Å²) in [6.45, 7) is 6.41. The molecule has 1 N–H and O–H groups in total. The Labute approximate surface area is 110 Å². The van der Waals surface area contributed by atoms with Crippen LogP contribution in [0.1, 0.15) is 49.9 Å². The molecule has 4 heteroatoms. The predicted octanol–water partition coefficient (Wildman–Crippen LogP) is 2.45. The second-order valence-corrected chi connectivity index (χ2v) is 5.12. The zero-order valence-corrected chi connectivity index (χ0v) is 11.7. The highest BCUT2D eigenvalue weighted by atomic mass is 15.2. The highest BCUT2D eigenvalue weighted by Gasteiger charge is 2.15. The van der Waals surface area contributed by atoms with Gasteiger partial charge in [0.2, 0.25) is 5.95 Å². The summed E-state index contributed by atoms with van der Waals surface area (Å²) in [6.07, 6.45) is 7.17. The Bertz CT molecular complexity index is 383. The second kappa shape index (κ2) is 6.14. The number of aryl methyl sites for hydroxylation is 1. The van der Waals surface area contributed by atoms with E-state index >= 15 is 0 Å². The number of anilines is 1. The zero-order valence-electron chi connectivity index (χ0n) is 11.7. The van der Waals surface area contributed by atoms with Crippen molar-refractivity contribution < 1.29 is 0 Å². The maximum atomic E-state index is 4.68. The van der Waals surface area contributed by atoms with E-state index in [2.05, 4.69) is 34.0 Å². The van der Waals surface area contributed by atoms with E-state index in [4.69, 9.17) is 0 Å². The van der Waals surface area contributed by atoms with Crippen molar-refractivity contribution in [1.82, 2.24) is 15.3 Å². The molecule has 1 aromatic rings. The molecule has 0 aliphatic carbocycles. The van der Waals surface area contributed by atoms with Gasteiger partial charge in [-0.3, -0.25) is 0 Å². The third-order valence-corrected chi connectivity index (χ3v) is 3.79. The molecule has 1 aromatic heterocycles. The van der Waals surface area contributed by atoms with Gasteiger partial charge in [-0.05, 0) is 33.7 Å². The summed E-state index contributed by atoms with van der Waals surface area (Å²) in [5.41, 5.74) is 2.28. The number of nitrogens with one attached hydrogen (secondary N) is 1. The van der Waals surface area contributed by atoms with Crippen LogP contribution in [0.25, 0.3) is 0 Å². The predicted molar refractivity (Wildman–Crippen MR) is 74.9 cm³/mol. The third-order valence-electron chi connectivity index (χ3n) is 3.79. The molecule has 4 nitrogen and oxygen atoms in total. The maximum Gasteiger partial charge on any atom is 0.225 e. The Morgan fingerprint density at radius 1 is 1.22 bits per heavy atom. The summed E-state index contributed by atoms with van der Waals surface area (Å²) in [5, 5.41) is 3.24. The van der Waals surface area contributed by atoms with Gasteiger partial charge in [0.25, 0.3) is 0 Å². The average molecular weight is 248 g/mol. The van der Waals surface area contributed by atoms with E-state index in [0.717, 1.165) is 24.7 Å². The smallest absolute Gasteiger partial charge is 0.225 e. The minimum Gasteiger partial charge on any atom is -0.341 e. The van der Waals surface area contributed by atoms with E-state index in [1.54, 1.807) is 0 Å². The lowest BCUT2D eigenvalue weighted by molar-refractivity contribution is 0.638. The van der Waals surface area contributed by atoms with Crippen LogP contribution in [0.2, 0.25) is 0 Å². The van der Waals surface area contributed by atoms with Crippen LogP contribution in [0.15, 0.2) is 6.20 Å². The fraction of sp³-hybridized carbons (Fsp3) is 0.714. The average Bonchev–Trinajstić information content (AvgIpc) is 2.66. The van der Waals surface area contributed by atoms with Crippen LogP contribution >= 0.6 is 0 Å². The first-order valence-electron chi connectivity index (χ1n) is 6.98. The van der Waals surface area contributed by atoms with Gasteiger partial charge in [0.05, 0.1) is 0 Å². The van der Waals surface area contributed by atoms with Crippen molar-refractivity contribution in [3.05, 3.63) is 17.5 Å². The molecule has 1 unspecified atom stereocenters. The Morgan fingerprint density at radius 3 is 2.44 bits per heavy atom. The lowest BCUT2D eigenvalue weighted by Gasteiger charge is -2.21. The van der Waals surface area contributed by atoms with Gasteiger partial charge in [0, 0.05) is 36.6 Å². The molecule has 0 radical (unpaired) electrons. The summed E-state index contributed by atoms with van der Waals surface area (Å²) in [7, 11) is 1.97. The summed E-state index contributed by atoms with van der Waals surface area (Å²) in [5.74, 6) is 0.904. The SMILES string of the molecule is CNC(C)c1cnc(N2CCCCCC2)nc1C. The molecule has 0 aromatic carbocycles. The molecule has 1 aliphatic rings. The van der Waals surface area contributed by atoms with Gasteiger partial charge >= 0.3 is 0 Å². The largest absolute Gasteiger partial charge is 0.341 e. The van der Waals surface area contributed by atoms with Gasteiger partial charge in [-0.2, -0.15) is 0 Å². The van der Waals surface area contributed by atoms with Crippen LogP contribution in [-0.4, -0.2) is 30.1 Å². The highest BCUT2D eigenvalue weighted by molar-refractivity contribution is 5.34. The Kier molecular flexibility index (Phi) is 4.53.